The first-order chi connectivity index (χ1) is 12.7. The average Bonchev–Trinajstić information content (AvgIpc) is 2.63. The lowest BCUT2D eigenvalue weighted by molar-refractivity contribution is -0.385. The number of hydrogen-bond donors (Lipinski definition) is 2. The minimum absolute atomic E-state index is 0.148. The fourth-order valence-corrected chi connectivity index (χ4v) is 3.52. The Labute approximate surface area is 156 Å². The van der Waals surface area contributed by atoms with Crippen molar-refractivity contribution in [1.82, 2.24) is 0 Å². The molecular formula is C17H19N3O6S. The van der Waals surface area contributed by atoms with Crippen molar-refractivity contribution >= 4 is 33.0 Å². The van der Waals surface area contributed by atoms with Crippen LogP contribution in [0.1, 0.15) is 18.9 Å². The molecule has 9 nitrogen and oxygen atoms in total. The molecule has 0 bridgehead atoms. The van der Waals surface area contributed by atoms with Crippen LogP contribution in [0.25, 0.3) is 0 Å². The highest BCUT2D eigenvalue weighted by Crippen LogP contribution is 2.31. The molecule has 0 heterocycles. The first kappa shape index (κ1) is 20.2. The lowest BCUT2D eigenvalue weighted by atomic mass is 10.2. The number of non-ortho nitro benzene ring substituents is 1. The first-order valence-electron chi connectivity index (χ1n) is 7.93. The van der Waals surface area contributed by atoms with Gasteiger partial charge in [0.15, 0.2) is 0 Å². The zero-order valence-electron chi connectivity index (χ0n) is 15.0. The SMILES string of the molecule is CCC(=O)Nc1ccc(C)c(NS(=O)(=O)c2ccc([N+](=O)[O-])cc2OC)c1. The minimum Gasteiger partial charge on any atom is -0.495 e. The summed E-state index contributed by atoms with van der Waals surface area (Å²) in [5.74, 6) is -0.352. The number of carbonyl (C=O) groups excluding carboxylic acids is 1. The number of anilines is 2. The molecule has 2 aromatic rings. The highest BCUT2D eigenvalue weighted by molar-refractivity contribution is 7.92. The summed E-state index contributed by atoms with van der Waals surface area (Å²) in [5.41, 5.74) is 1.06. The van der Waals surface area contributed by atoms with E-state index in [0.717, 1.165) is 18.2 Å². The summed E-state index contributed by atoms with van der Waals surface area (Å²) in [4.78, 5) is 21.5. The largest absolute Gasteiger partial charge is 0.495 e. The van der Waals surface area contributed by atoms with E-state index in [4.69, 9.17) is 4.74 Å². The quantitative estimate of drug-likeness (QED) is 0.550. The van der Waals surface area contributed by atoms with Crippen LogP contribution in [0.15, 0.2) is 41.3 Å². The van der Waals surface area contributed by atoms with Crippen molar-refractivity contribution in [2.75, 3.05) is 17.1 Å². The van der Waals surface area contributed by atoms with E-state index in [0.29, 0.717) is 11.3 Å². The van der Waals surface area contributed by atoms with E-state index in [1.54, 1.807) is 26.0 Å². The number of ether oxygens (including phenoxy) is 1. The molecule has 0 aliphatic heterocycles. The van der Waals surface area contributed by atoms with Gasteiger partial charge in [-0.25, -0.2) is 8.42 Å². The first-order valence-corrected chi connectivity index (χ1v) is 9.42. The number of aryl methyl sites for hydroxylation is 1. The van der Waals surface area contributed by atoms with E-state index in [2.05, 4.69) is 10.0 Å². The number of sulfonamides is 1. The van der Waals surface area contributed by atoms with Gasteiger partial charge < -0.3 is 10.1 Å². The van der Waals surface area contributed by atoms with Crippen LogP contribution >= 0.6 is 0 Å². The normalized spacial score (nSPS) is 10.9. The Kier molecular flexibility index (Phi) is 6.01. The lowest BCUT2D eigenvalue weighted by Gasteiger charge is -2.14. The van der Waals surface area contributed by atoms with Gasteiger partial charge in [0.05, 0.1) is 23.8 Å². The van der Waals surface area contributed by atoms with Gasteiger partial charge in [0.1, 0.15) is 10.6 Å². The molecule has 144 valence electrons. The maximum atomic E-state index is 12.8. The molecule has 1 amide bonds. The zero-order chi connectivity index (χ0) is 20.2. The molecule has 0 atom stereocenters. The maximum Gasteiger partial charge on any atom is 0.273 e. The molecule has 0 radical (unpaired) electrons. The highest BCUT2D eigenvalue weighted by Gasteiger charge is 2.23. The summed E-state index contributed by atoms with van der Waals surface area (Å²) >= 11 is 0. The predicted molar refractivity (Wildman–Crippen MR) is 101 cm³/mol. The number of methoxy groups -OCH3 is 1. The van der Waals surface area contributed by atoms with Gasteiger partial charge in [-0.05, 0) is 30.7 Å². The number of nitro benzene ring substituents is 1. The number of benzene rings is 2. The number of carbonyl (C=O) groups is 1. The second-order valence-electron chi connectivity index (χ2n) is 5.63. The van der Waals surface area contributed by atoms with Gasteiger partial charge in [0.2, 0.25) is 5.91 Å². The van der Waals surface area contributed by atoms with Crippen LogP contribution in [-0.4, -0.2) is 26.4 Å². The predicted octanol–water partition coefficient (Wildman–Crippen LogP) is 3.06. The van der Waals surface area contributed by atoms with Gasteiger partial charge in [-0.2, -0.15) is 0 Å². The molecule has 0 aliphatic rings. The molecule has 0 saturated carbocycles. The smallest absolute Gasteiger partial charge is 0.273 e. The Balaban J connectivity index is 2.40. The number of nitrogens with one attached hydrogen (secondary N) is 2. The number of rotatable bonds is 7. The van der Waals surface area contributed by atoms with Crippen LogP contribution < -0.4 is 14.8 Å². The second-order valence-corrected chi connectivity index (χ2v) is 7.28. The third-order valence-corrected chi connectivity index (χ3v) is 5.14. The fourth-order valence-electron chi connectivity index (χ4n) is 2.25. The van der Waals surface area contributed by atoms with Crippen molar-refractivity contribution in [2.45, 2.75) is 25.2 Å². The van der Waals surface area contributed by atoms with Gasteiger partial charge in [0, 0.05) is 18.2 Å². The van der Waals surface area contributed by atoms with Crippen molar-refractivity contribution < 1.29 is 22.9 Å². The van der Waals surface area contributed by atoms with Gasteiger partial charge in [-0.1, -0.05) is 13.0 Å². The van der Waals surface area contributed by atoms with Crippen molar-refractivity contribution in [1.29, 1.82) is 0 Å². The van der Waals surface area contributed by atoms with Gasteiger partial charge in [0.25, 0.3) is 15.7 Å². The summed E-state index contributed by atoms with van der Waals surface area (Å²) < 4.78 is 32.9. The van der Waals surface area contributed by atoms with Crippen molar-refractivity contribution in [2.24, 2.45) is 0 Å². The number of nitrogens with zero attached hydrogens (tertiary/aromatic N) is 1. The van der Waals surface area contributed by atoms with Gasteiger partial charge in [-0.15, -0.1) is 0 Å². The number of amides is 1. The summed E-state index contributed by atoms with van der Waals surface area (Å²) in [6.45, 7) is 3.41. The molecule has 2 rings (SSSR count). The molecule has 10 heteroatoms. The Bertz CT molecular complexity index is 988. The van der Waals surface area contributed by atoms with Gasteiger partial charge >= 0.3 is 0 Å². The maximum absolute atomic E-state index is 12.8. The second kappa shape index (κ2) is 8.04. The monoisotopic (exact) mass is 393 g/mol. The summed E-state index contributed by atoms with van der Waals surface area (Å²) in [6.07, 6.45) is 0.287. The number of hydrogen-bond acceptors (Lipinski definition) is 6. The molecule has 27 heavy (non-hydrogen) atoms. The molecule has 0 unspecified atom stereocenters. The molecule has 0 spiro atoms. The van der Waals surface area contributed by atoms with Crippen LogP contribution in [-0.2, 0) is 14.8 Å². The Hall–Kier alpha value is -3.14. The van der Waals surface area contributed by atoms with Crippen molar-refractivity contribution in [3.05, 3.63) is 52.1 Å². The Morgan fingerprint density at radius 3 is 2.52 bits per heavy atom. The summed E-state index contributed by atoms with van der Waals surface area (Å²) in [6, 6.07) is 8.06. The topological polar surface area (TPSA) is 128 Å². The lowest BCUT2D eigenvalue weighted by Crippen LogP contribution is -2.16. The van der Waals surface area contributed by atoms with Crippen LogP contribution in [0.4, 0.5) is 17.1 Å². The van der Waals surface area contributed by atoms with E-state index in [1.165, 1.54) is 13.2 Å². The van der Waals surface area contributed by atoms with Crippen LogP contribution in [0.5, 0.6) is 5.75 Å². The van der Waals surface area contributed by atoms with Gasteiger partial charge in [-0.3, -0.25) is 19.6 Å². The Morgan fingerprint density at radius 2 is 1.93 bits per heavy atom. The third-order valence-electron chi connectivity index (χ3n) is 3.73. The van der Waals surface area contributed by atoms with Crippen LogP contribution in [0.2, 0.25) is 0 Å². The van der Waals surface area contributed by atoms with Crippen LogP contribution in [0.3, 0.4) is 0 Å². The highest BCUT2D eigenvalue weighted by atomic mass is 32.2. The van der Waals surface area contributed by atoms with Crippen LogP contribution in [0, 0.1) is 17.0 Å². The molecule has 2 aromatic carbocycles. The van der Waals surface area contributed by atoms with E-state index < -0.39 is 14.9 Å². The van der Waals surface area contributed by atoms with E-state index >= 15 is 0 Å². The van der Waals surface area contributed by atoms with E-state index in [9.17, 15) is 23.3 Å². The standard InChI is InChI=1S/C17H19N3O6S/c1-4-17(21)18-12-6-5-11(2)14(9-12)19-27(24,25)16-8-7-13(20(22)23)10-15(16)26-3/h5-10,19H,4H2,1-3H3,(H,18,21). The molecule has 0 aromatic heterocycles. The summed E-state index contributed by atoms with van der Waals surface area (Å²) in [7, 11) is -2.86. The average molecular weight is 393 g/mol. The van der Waals surface area contributed by atoms with Crippen molar-refractivity contribution in [3.8, 4) is 5.75 Å². The fraction of sp³-hybridized carbons (Fsp3) is 0.235. The number of nitro groups is 1. The van der Waals surface area contributed by atoms with E-state index in [1.807, 2.05) is 0 Å². The third kappa shape index (κ3) is 4.73. The van der Waals surface area contributed by atoms with E-state index in [-0.39, 0.29) is 34.3 Å². The zero-order valence-corrected chi connectivity index (χ0v) is 15.8. The summed E-state index contributed by atoms with van der Waals surface area (Å²) in [5, 5.41) is 13.5. The Morgan fingerprint density at radius 1 is 1.22 bits per heavy atom. The van der Waals surface area contributed by atoms with Crippen molar-refractivity contribution in [3.63, 3.8) is 0 Å². The molecule has 0 saturated heterocycles. The molecule has 2 N–H and O–H groups in total. The molecule has 0 fully saturated rings. The molecular weight excluding hydrogens is 374 g/mol. The minimum atomic E-state index is -4.08. The molecule has 0 aliphatic carbocycles.